The number of carbonyl (C=O) groups is 1. The quantitative estimate of drug-likeness (QED) is 0.769. The van der Waals surface area contributed by atoms with E-state index in [2.05, 4.69) is 0 Å². The Kier molecular flexibility index (Phi) is 6.00. The van der Waals surface area contributed by atoms with Crippen molar-refractivity contribution in [2.75, 3.05) is 18.1 Å². The van der Waals surface area contributed by atoms with Crippen LogP contribution in [0, 0.1) is 5.41 Å². The zero-order valence-corrected chi connectivity index (χ0v) is 16.7. The third kappa shape index (κ3) is 4.59. The van der Waals surface area contributed by atoms with Crippen molar-refractivity contribution in [2.24, 2.45) is 5.41 Å². The summed E-state index contributed by atoms with van der Waals surface area (Å²) in [4.78, 5) is 14.7. The highest BCUT2D eigenvalue weighted by Gasteiger charge is 2.51. The van der Waals surface area contributed by atoms with Crippen LogP contribution in [0.3, 0.4) is 0 Å². The second-order valence-corrected chi connectivity index (χ2v) is 8.61. The van der Waals surface area contributed by atoms with Crippen molar-refractivity contribution >= 4 is 11.6 Å². The Morgan fingerprint density at radius 3 is 2.21 bits per heavy atom. The molecule has 1 aliphatic carbocycles. The Hall–Kier alpha value is -1.64. The van der Waals surface area contributed by atoms with Gasteiger partial charge in [-0.05, 0) is 63.6 Å². The highest BCUT2D eigenvalue weighted by atomic mass is 19.4. The number of carbonyl (C=O) groups excluding carboxylic acids is 1. The lowest BCUT2D eigenvalue weighted by Crippen LogP contribution is -2.46. The van der Waals surface area contributed by atoms with Gasteiger partial charge in [0.2, 0.25) is 5.91 Å². The van der Waals surface area contributed by atoms with Gasteiger partial charge in [0.25, 0.3) is 0 Å². The number of hydrogen-bond donors (Lipinski definition) is 2. The molecule has 5 nitrogen and oxygen atoms in total. The van der Waals surface area contributed by atoms with Crippen molar-refractivity contribution in [3.8, 4) is 0 Å². The van der Waals surface area contributed by atoms with Crippen LogP contribution in [0.2, 0.25) is 0 Å². The van der Waals surface area contributed by atoms with Crippen molar-refractivity contribution in [2.45, 2.75) is 69.9 Å². The van der Waals surface area contributed by atoms with Crippen molar-refractivity contribution < 1.29 is 32.9 Å². The standard InChI is InChI=1S/C21H28F3NO4/c1-14(2)29-13-20(28)9-7-19(8-10-20)11-12-25(18(19)27)16-5-3-15(4-6-16)17(26)21(22,23)24/h3-6,14,17,26,28H,7-13H2,1-2H3/t17-,19-,20+/m1/s1. The van der Waals surface area contributed by atoms with Crippen LogP contribution >= 0.6 is 0 Å². The van der Waals surface area contributed by atoms with Gasteiger partial charge in [0, 0.05) is 12.2 Å². The lowest BCUT2D eigenvalue weighted by molar-refractivity contribution is -0.206. The number of halogens is 3. The summed E-state index contributed by atoms with van der Waals surface area (Å²) >= 11 is 0. The summed E-state index contributed by atoms with van der Waals surface area (Å²) in [6, 6.07) is 5.29. The highest BCUT2D eigenvalue weighted by Crippen LogP contribution is 2.48. The van der Waals surface area contributed by atoms with Gasteiger partial charge in [-0.2, -0.15) is 13.2 Å². The second-order valence-electron chi connectivity index (χ2n) is 8.61. The van der Waals surface area contributed by atoms with Crippen LogP contribution in [0.25, 0.3) is 0 Å². The minimum Gasteiger partial charge on any atom is -0.387 e. The molecule has 1 aliphatic heterocycles. The fourth-order valence-corrected chi connectivity index (χ4v) is 4.22. The number of anilines is 1. The van der Waals surface area contributed by atoms with Crippen LogP contribution in [0.4, 0.5) is 18.9 Å². The Balaban J connectivity index is 1.66. The number of amides is 1. The molecule has 2 aliphatic rings. The van der Waals surface area contributed by atoms with E-state index in [9.17, 15) is 28.2 Å². The predicted molar refractivity (Wildman–Crippen MR) is 101 cm³/mol. The van der Waals surface area contributed by atoms with E-state index in [1.807, 2.05) is 13.8 Å². The molecule has 3 rings (SSSR count). The van der Waals surface area contributed by atoms with Gasteiger partial charge < -0.3 is 19.8 Å². The Labute approximate surface area is 168 Å². The predicted octanol–water partition coefficient (Wildman–Crippen LogP) is 3.74. The van der Waals surface area contributed by atoms with Gasteiger partial charge in [0.1, 0.15) is 0 Å². The molecule has 1 aromatic rings. The zero-order valence-electron chi connectivity index (χ0n) is 16.7. The first-order chi connectivity index (χ1) is 13.5. The maximum absolute atomic E-state index is 13.1. The van der Waals surface area contributed by atoms with Gasteiger partial charge in [-0.15, -0.1) is 0 Å². The smallest absolute Gasteiger partial charge is 0.387 e. The van der Waals surface area contributed by atoms with E-state index in [-0.39, 0.29) is 24.2 Å². The monoisotopic (exact) mass is 415 g/mol. The summed E-state index contributed by atoms with van der Waals surface area (Å²) in [6.07, 6.45) is -4.51. The summed E-state index contributed by atoms with van der Waals surface area (Å²) in [5.74, 6) is -0.0477. The SMILES string of the molecule is CC(C)OC[C@]1(O)CC[C@]2(CCN(c3ccc([C@@H](O)C(F)(F)F)cc3)C2=O)CC1. The number of alkyl halides is 3. The van der Waals surface area contributed by atoms with Crippen molar-refractivity contribution in [3.05, 3.63) is 29.8 Å². The number of hydrogen-bond acceptors (Lipinski definition) is 4. The molecule has 1 amide bonds. The molecule has 0 unspecified atom stereocenters. The van der Waals surface area contributed by atoms with Gasteiger partial charge in [0.15, 0.2) is 6.10 Å². The van der Waals surface area contributed by atoms with Crippen molar-refractivity contribution in [1.82, 2.24) is 0 Å². The van der Waals surface area contributed by atoms with Crippen LogP contribution in [-0.2, 0) is 9.53 Å². The molecule has 1 heterocycles. The van der Waals surface area contributed by atoms with E-state index in [4.69, 9.17) is 4.74 Å². The van der Waals surface area contributed by atoms with E-state index in [0.717, 1.165) is 0 Å². The summed E-state index contributed by atoms with van der Waals surface area (Å²) in [5.41, 5.74) is -1.18. The average Bonchev–Trinajstić information content (AvgIpc) is 2.98. The molecule has 162 valence electrons. The number of aliphatic hydroxyl groups excluding tert-OH is 1. The second kappa shape index (κ2) is 7.89. The first-order valence-corrected chi connectivity index (χ1v) is 9.97. The minimum atomic E-state index is -4.73. The summed E-state index contributed by atoms with van der Waals surface area (Å²) < 4.78 is 43.5. The molecule has 8 heteroatoms. The topological polar surface area (TPSA) is 70.0 Å². The number of nitrogens with zero attached hydrogens (tertiary/aromatic N) is 1. The molecule has 1 saturated carbocycles. The Morgan fingerprint density at radius 2 is 1.69 bits per heavy atom. The van der Waals surface area contributed by atoms with Crippen LogP contribution in [0.5, 0.6) is 0 Å². The normalized spacial score (nSPS) is 29.1. The summed E-state index contributed by atoms with van der Waals surface area (Å²) in [7, 11) is 0. The molecule has 2 fully saturated rings. The summed E-state index contributed by atoms with van der Waals surface area (Å²) in [5, 5.41) is 20.1. The molecule has 1 saturated heterocycles. The molecular weight excluding hydrogens is 387 g/mol. The Bertz CT molecular complexity index is 724. The van der Waals surface area contributed by atoms with Crippen LogP contribution in [-0.4, -0.2) is 47.2 Å². The molecule has 0 bridgehead atoms. The van der Waals surface area contributed by atoms with Crippen LogP contribution in [0.1, 0.15) is 57.6 Å². The van der Waals surface area contributed by atoms with Crippen molar-refractivity contribution in [1.29, 1.82) is 0 Å². The molecule has 0 aromatic heterocycles. The lowest BCUT2D eigenvalue weighted by Gasteiger charge is -2.41. The first-order valence-electron chi connectivity index (χ1n) is 9.97. The number of aliphatic hydroxyl groups is 2. The van der Waals surface area contributed by atoms with Gasteiger partial charge in [0.05, 0.1) is 23.7 Å². The molecule has 29 heavy (non-hydrogen) atoms. The molecule has 0 radical (unpaired) electrons. The largest absolute Gasteiger partial charge is 0.418 e. The molecular formula is C21H28F3NO4. The highest BCUT2D eigenvalue weighted by molar-refractivity contribution is 6.00. The number of rotatable bonds is 5. The number of benzene rings is 1. The van der Waals surface area contributed by atoms with E-state index in [1.54, 1.807) is 4.90 Å². The molecule has 1 aromatic carbocycles. The van der Waals surface area contributed by atoms with Gasteiger partial charge in [-0.25, -0.2) is 0 Å². The number of ether oxygens (including phenoxy) is 1. The van der Waals surface area contributed by atoms with E-state index < -0.39 is 23.3 Å². The van der Waals surface area contributed by atoms with Crippen LogP contribution < -0.4 is 4.90 Å². The molecule has 2 N–H and O–H groups in total. The van der Waals surface area contributed by atoms with Gasteiger partial charge >= 0.3 is 6.18 Å². The zero-order chi connectivity index (χ0) is 21.4. The van der Waals surface area contributed by atoms with Crippen LogP contribution in [0.15, 0.2) is 24.3 Å². The Morgan fingerprint density at radius 1 is 1.10 bits per heavy atom. The third-order valence-corrected chi connectivity index (χ3v) is 6.17. The average molecular weight is 415 g/mol. The van der Waals surface area contributed by atoms with Gasteiger partial charge in [-0.3, -0.25) is 4.79 Å². The van der Waals surface area contributed by atoms with E-state index in [0.29, 0.717) is 44.3 Å². The van der Waals surface area contributed by atoms with E-state index >= 15 is 0 Å². The maximum Gasteiger partial charge on any atom is 0.418 e. The van der Waals surface area contributed by atoms with Gasteiger partial charge in [-0.1, -0.05) is 12.1 Å². The fraction of sp³-hybridized carbons (Fsp3) is 0.667. The first kappa shape index (κ1) is 22.1. The molecule has 1 atom stereocenters. The van der Waals surface area contributed by atoms with Crippen molar-refractivity contribution in [3.63, 3.8) is 0 Å². The fourth-order valence-electron chi connectivity index (χ4n) is 4.22. The minimum absolute atomic E-state index is 0.0253. The lowest BCUT2D eigenvalue weighted by atomic mass is 9.68. The molecule has 1 spiro atoms. The summed E-state index contributed by atoms with van der Waals surface area (Å²) in [6.45, 7) is 4.55. The van der Waals surface area contributed by atoms with E-state index in [1.165, 1.54) is 24.3 Å². The third-order valence-electron chi connectivity index (χ3n) is 6.17. The maximum atomic E-state index is 13.1.